The second-order valence-electron chi connectivity index (χ2n) is 4.98. The van der Waals surface area contributed by atoms with Crippen molar-refractivity contribution in [1.29, 1.82) is 0 Å². The van der Waals surface area contributed by atoms with Crippen LogP contribution in [0, 0.1) is 0 Å². The highest BCUT2D eigenvalue weighted by Gasteiger charge is 2.27. The summed E-state index contributed by atoms with van der Waals surface area (Å²) in [5.74, 6) is 0.207. The molecule has 20 heavy (non-hydrogen) atoms. The van der Waals surface area contributed by atoms with Crippen LogP contribution in [0.3, 0.4) is 0 Å². The number of carboxylic acid groups (broad SMARTS) is 1. The number of carboxylic acids is 1. The molecule has 1 aromatic heterocycles. The molecular formula is C13H21N3O2S2. The molecule has 1 heterocycles. The lowest BCUT2D eigenvalue weighted by atomic mass is 9.94. The fourth-order valence-corrected chi connectivity index (χ4v) is 4.27. The maximum absolute atomic E-state index is 10.8. The number of hydrogen-bond donors (Lipinski definition) is 1. The number of carbonyl (C=O) groups is 1. The van der Waals surface area contributed by atoms with E-state index in [0.29, 0.717) is 11.3 Å². The zero-order valence-electron chi connectivity index (χ0n) is 11.9. The summed E-state index contributed by atoms with van der Waals surface area (Å²) in [4.78, 5) is 10.8. The maximum atomic E-state index is 10.8. The molecule has 0 aromatic carbocycles. The first kappa shape index (κ1) is 15.7. The third-order valence-electron chi connectivity index (χ3n) is 3.67. The molecule has 1 aliphatic carbocycles. The van der Waals surface area contributed by atoms with Gasteiger partial charge in [-0.05, 0) is 25.5 Å². The molecular weight excluding hydrogens is 294 g/mol. The average Bonchev–Trinajstić information content (AvgIpc) is 2.88. The quantitative estimate of drug-likeness (QED) is 0.814. The van der Waals surface area contributed by atoms with Crippen molar-refractivity contribution in [2.45, 2.75) is 55.5 Å². The van der Waals surface area contributed by atoms with Gasteiger partial charge in [-0.3, -0.25) is 4.79 Å². The largest absolute Gasteiger partial charge is 0.481 e. The first-order chi connectivity index (χ1) is 9.65. The van der Waals surface area contributed by atoms with Crippen molar-refractivity contribution in [2.24, 2.45) is 0 Å². The number of aliphatic carboxylic acids is 1. The van der Waals surface area contributed by atoms with Gasteiger partial charge >= 0.3 is 5.97 Å². The predicted octanol–water partition coefficient (Wildman–Crippen LogP) is 2.86. The van der Waals surface area contributed by atoms with E-state index < -0.39 is 5.97 Å². The Morgan fingerprint density at radius 3 is 2.90 bits per heavy atom. The van der Waals surface area contributed by atoms with E-state index in [1.165, 1.54) is 24.6 Å². The second kappa shape index (κ2) is 7.36. The Morgan fingerprint density at radius 2 is 2.25 bits per heavy atom. The number of nitrogens with zero attached hydrogens (tertiary/aromatic N) is 3. The van der Waals surface area contributed by atoms with Gasteiger partial charge in [0.15, 0.2) is 5.16 Å². The molecule has 0 bridgehead atoms. The summed E-state index contributed by atoms with van der Waals surface area (Å²) < 4.78 is 2.19. The lowest BCUT2D eigenvalue weighted by molar-refractivity contribution is -0.133. The van der Waals surface area contributed by atoms with E-state index in [1.54, 1.807) is 0 Å². The van der Waals surface area contributed by atoms with Crippen molar-refractivity contribution in [3.63, 3.8) is 0 Å². The first-order valence-corrected chi connectivity index (χ1v) is 9.24. The molecule has 1 aromatic rings. The van der Waals surface area contributed by atoms with E-state index in [0.717, 1.165) is 30.2 Å². The van der Waals surface area contributed by atoms with Crippen LogP contribution in [0.5, 0.6) is 0 Å². The predicted molar refractivity (Wildman–Crippen MR) is 82.6 cm³/mol. The van der Waals surface area contributed by atoms with E-state index in [1.807, 2.05) is 11.8 Å². The van der Waals surface area contributed by atoms with Crippen LogP contribution in [0.1, 0.15) is 44.5 Å². The summed E-state index contributed by atoms with van der Waals surface area (Å²) in [5, 5.41) is 18.7. The van der Waals surface area contributed by atoms with Crippen LogP contribution in [0.4, 0.5) is 0 Å². The van der Waals surface area contributed by atoms with E-state index in [4.69, 9.17) is 5.11 Å². The van der Waals surface area contributed by atoms with Crippen molar-refractivity contribution < 1.29 is 9.90 Å². The third-order valence-corrected chi connectivity index (χ3v) is 5.70. The van der Waals surface area contributed by atoms with Gasteiger partial charge < -0.3 is 9.67 Å². The van der Waals surface area contributed by atoms with Crippen molar-refractivity contribution in [2.75, 3.05) is 12.0 Å². The number of aryl methyl sites for hydroxylation is 1. The van der Waals surface area contributed by atoms with Crippen LogP contribution in [0.25, 0.3) is 0 Å². The van der Waals surface area contributed by atoms with Crippen LogP contribution >= 0.6 is 23.5 Å². The zero-order valence-corrected chi connectivity index (χ0v) is 13.5. The van der Waals surface area contributed by atoms with E-state index in [-0.39, 0.29) is 5.75 Å². The van der Waals surface area contributed by atoms with E-state index in [9.17, 15) is 4.79 Å². The Kier molecular flexibility index (Phi) is 5.77. The number of aromatic nitrogens is 3. The fourth-order valence-electron chi connectivity index (χ4n) is 2.71. The monoisotopic (exact) mass is 315 g/mol. The van der Waals surface area contributed by atoms with Gasteiger partial charge in [-0.2, -0.15) is 11.8 Å². The number of hydrogen-bond acceptors (Lipinski definition) is 5. The summed E-state index contributed by atoms with van der Waals surface area (Å²) in [7, 11) is 0. The number of rotatable bonds is 6. The Bertz CT molecular complexity index is 464. The smallest absolute Gasteiger partial charge is 0.313 e. The normalized spacial score (nSPS) is 22.9. The molecule has 0 spiro atoms. The Hall–Kier alpha value is -0.690. The summed E-state index contributed by atoms with van der Waals surface area (Å²) in [6.45, 7) is 2.07. The van der Waals surface area contributed by atoms with Crippen molar-refractivity contribution in [3.05, 3.63) is 5.82 Å². The van der Waals surface area contributed by atoms with Gasteiger partial charge in [0.05, 0.1) is 5.75 Å². The molecule has 7 heteroatoms. The molecule has 2 rings (SSSR count). The van der Waals surface area contributed by atoms with E-state index >= 15 is 0 Å². The lowest BCUT2D eigenvalue weighted by Gasteiger charge is -2.30. The molecule has 0 radical (unpaired) electrons. The second-order valence-corrected chi connectivity index (χ2v) is 7.06. The maximum Gasteiger partial charge on any atom is 0.313 e. The van der Waals surface area contributed by atoms with Gasteiger partial charge in [0.25, 0.3) is 0 Å². The molecule has 2 unspecified atom stereocenters. The molecule has 1 saturated carbocycles. The van der Waals surface area contributed by atoms with Gasteiger partial charge in [0.1, 0.15) is 5.82 Å². The third kappa shape index (κ3) is 3.69. The number of thioether (sulfide) groups is 2. The van der Waals surface area contributed by atoms with Crippen LogP contribution in [0.15, 0.2) is 5.16 Å². The molecule has 0 amide bonds. The van der Waals surface area contributed by atoms with Crippen LogP contribution < -0.4 is 0 Å². The van der Waals surface area contributed by atoms with Crippen LogP contribution in [0.2, 0.25) is 0 Å². The van der Waals surface area contributed by atoms with Crippen molar-refractivity contribution in [1.82, 2.24) is 14.8 Å². The fraction of sp³-hybridized carbons (Fsp3) is 0.769. The SMILES string of the molecule is CCc1nnc(SCC(=O)O)n1C1CCCC(SC)C1. The highest BCUT2D eigenvalue weighted by Crippen LogP contribution is 2.36. The standard InChI is InChI=1S/C13H21N3O2S2/c1-3-11-14-15-13(20-8-12(17)18)16(11)9-5-4-6-10(7-9)19-2/h9-10H,3-8H2,1-2H3,(H,17,18). The molecule has 112 valence electrons. The van der Waals surface area contributed by atoms with Gasteiger partial charge in [-0.15, -0.1) is 10.2 Å². The minimum atomic E-state index is -0.812. The first-order valence-electron chi connectivity index (χ1n) is 6.96. The molecule has 0 aliphatic heterocycles. The summed E-state index contributed by atoms with van der Waals surface area (Å²) in [5.41, 5.74) is 0. The molecule has 1 aliphatic rings. The van der Waals surface area contributed by atoms with Crippen LogP contribution in [-0.2, 0) is 11.2 Å². The molecule has 5 nitrogen and oxygen atoms in total. The topological polar surface area (TPSA) is 68.0 Å². The molecule has 2 atom stereocenters. The van der Waals surface area contributed by atoms with Gasteiger partial charge in [-0.1, -0.05) is 25.1 Å². The van der Waals surface area contributed by atoms with E-state index in [2.05, 4.69) is 27.9 Å². The van der Waals surface area contributed by atoms with Gasteiger partial charge in [-0.25, -0.2) is 0 Å². The highest BCUT2D eigenvalue weighted by molar-refractivity contribution is 7.99. The Labute approximate surface area is 127 Å². The summed E-state index contributed by atoms with van der Waals surface area (Å²) >= 11 is 3.21. The van der Waals surface area contributed by atoms with Crippen molar-refractivity contribution in [3.8, 4) is 0 Å². The lowest BCUT2D eigenvalue weighted by Crippen LogP contribution is -2.22. The Morgan fingerprint density at radius 1 is 1.45 bits per heavy atom. The summed E-state index contributed by atoms with van der Waals surface area (Å²) in [6.07, 6.45) is 7.77. The highest BCUT2D eigenvalue weighted by atomic mass is 32.2. The van der Waals surface area contributed by atoms with Crippen molar-refractivity contribution >= 4 is 29.5 Å². The molecule has 1 N–H and O–H groups in total. The molecule has 1 fully saturated rings. The summed E-state index contributed by atoms with van der Waals surface area (Å²) in [6, 6.07) is 0.419. The van der Waals surface area contributed by atoms with Gasteiger partial charge in [0, 0.05) is 17.7 Å². The van der Waals surface area contributed by atoms with Gasteiger partial charge in [0.2, 0.25) is 0 Å². The minimum absolute atomic E-state index is 0.0422. The van der Waals surface area contributed by atoms with Crippen LogP contribution in [-0.4, -0.2) is 43.1 Å². The Balaban J connectivity index is 2.18. The minimum Gasteiger partial charge on any atom is -0.481 e. The molecule has 0 saturated heterocycles. The zero-order chi connectivity index (χ0) is 14.5. The average molecular weight is 315 g/mol.